The molecule has 124 valence electrons. The van der Waals surface area contributed by atoms with E-state index < -0.39 is 0 Å². The van der Waals surface area contributed by atoms with Gasteiger partial charge >= 0.3 is 0 Å². The zero-order valence-electron chi connectivity index (χ0n) is 15.1. The lowest BCUT2D eigenvalue weighted by atomic mass is 9.62. The van der Waals surface area contributed by atoms with Gasteiger partial charge in [-0.3, -0.25) is 0 Å². The van der Waals surface area contributed by atoms with Crippen molar-refractivity contribution in [3.05, 3.63) is 0 Å². The molecular weight excluding hydrogens is 252 g/mol. The lowest BCUT2D eigenvalue weighted by Crippen LogP contribution is -2.31. The molecule has 0 nitrogen and oxygen atoms in total. The lowest BCUT2D eigenvalue weighted by Gasteiger charge is -2.44. The maximum Gasteiger partial charge on any atom is -0.0300 e. The molecule has 0 heterocycles. The average Bonchev–Trinajstić information content (AvgIpc) is 2.55. The molecule has 0 aromatic heterocycles. The molecule has 2 rings (SSSR count). The van der Waals surface area contributed by atoms with Gasteiger partial charge in [-0.05, 0) is 68.1 Å². The molecule has 0 radical (unpaired) electrons. The Balaban J connectivity index is 1.76. The molecule has 2 fully saturated rings. The van der Waals surface area contributed by atoms with Gasteiger partial charge in [0.2, 0.25) is 0 Å². The van der Waals surface area contributed by atoms with Crippen LogP contribution in [0.25, 0.3) is 0 Å². The fourth-order valence-electron chi connectivity index (χ4n) is 5.41. The third-order valence-electron chi connectivity index (χ3n) is 7.16. The number of hydrogen-bond donors (Lipinski definition) is 0. The molecule has 0 bridgehead atoms. The maximum absolute atomic E-state index is 2.45. The summed E-state index contributed by atoms with van der Waals surface area (Å²) in [5.41, 5.74) is 0.742. The highest BCUT2D eigenvalue weighted by atomic mass is 14.4. The molecule has 0 heteroatoms. The third-order valence-corrected chi connectivity index (χ3v) is 7.16. The van der Waals surface area contributed by atoms with Crippen molar-refractivity contribution in [3.63, 3.8) is 0 Å². The van der Waals surface area contributed by atoms with Gasteiger partial charge in [-0.15, -0.1) is 0 Å². The van der Waals surface area contributed by atoms with Crippen LogP contribution in [0.15, 0.2) is 0 Å². The van der Waals surface area contributed by atoms with Crippen molar-refractivity contribution >= 4 is 0 Å². The Morgan fingerprint density at radius 2 is 1.38 bits per heavy atom. The normalized spacial score (nSPS) is 37.6. The van der Waals surface area contributed by atoms with Gasteiger partial charge in [0.25, 0.3) is 0 Å². The smallest absolute Gasteiger partial charge is 0.0300 e. The third kappa shape index (κ3) is 4.73. The van der Waals surface area contributed by atoms with E-state index in [1.165, 1.54) is 38.5 Å². The van der Waals surface area contributed by atoms with Crippen LogP contribution in [0.5, 0.6) is 0 Å². The molecular formula is C21H40. The van der Waals surface area contributed by atoms with E-state index >= 15 is 0 Å². The summed E-state index contributed by atoms with van der Waals surface area (Å²) in [6.07, 6.45) is 21.1. The summed E-state index contributed by atoms with van der Waals surface area (Å²) in [5, 5.41) is 0. The van der Waals surface area contributed by atoms with Crippen LogP contribution in [0, 0.1) is 23.2 Å². The first kappa shape index (κ1) is 17.4. The van der Waals surface area contributed by atoms with E-state index in [-0.39, 0.29) is 0 Å². The van der Waals surface area contributed by atoms with Crippen molar-refractivity contribution in [2.75, 3.05) is 0 Å². The molecule has 0 saturated heterocycles. The first-order chi connectivity index (χ1) is 10.2. The topological polar surface area (TPSA) is 0 Å². The molecule has 0 aromatic carbocycles. The Morgan fingerprint density at radius 3 is 1.90 bits per heavy atom. The number of hydrogen-bond acceptors (Lipinski definition) is 0. The zero-order chi connectivity index (χ0) is 15.1. The van der Waals surface area contributed by atoms with E-state index in [2.05, 4.69) is 20.8 Å². The van der Waals surface area contributed by atoms with Crippen LogP contribution in [-0.4, -0.2) is 0 Å². The minimum Gasteiger partial charge on any atom is -0.0654 e. The summed E-state index contributed by atoms with van der Waals surface area (Å²) in [5.74, 6) is 3.27. The largest absolute Gasteiger partial charge is 0.0654 e. The van der Waals surface area contributed by atoms with Crippen LogP contribution in [0.1, 0.15) is 111 Å². The molecule has 0 aromatic rings. The van der Waals surface area contributed by atoms with Crippen LogP contribution in [-0.2, 0) is 0 Å². The van der Waals surface area contributed by atoms with E-state index in [0.29, 0.717) is 0 Å². The minimum absolute atomic E-state index is 0.742. The van der Waals surface area contributed by atoms with E-state index in [1.807, 2.05) is 0 Å². The first-order valence-corrected chi connectivity index (χ1v) is 10.2. The predicted molar refractivity (Wildman–Crippen MR) is 94.6 cm³/mol. The number of unbranched alkanes of at least 4 members (excludes halogenated alkanes) is 1. The van der Waals surface area contributed by atoms with Crippen LogP contribution < -0.4 is 0 Å². The summed E-state index contributed by atoms with van der Waals surface area (Å²) < 4.78 is 0. The van der Waals surface area contributed by atoms with Crippen molar-refractivity contribution < 1.29 is 0 Å². The highest BCUT2D eigenvalue weighted by molar-refractivity contribution is 4.88. The fourth-order valence-corrected chi connectivity index (χ4v) is 5.41. The standard InChI is InChI=1S/C21H40/c1-4-7-15-21(6-3)16-13-20(14-17-21)19-11-9-18(8-5-2)10-12-19/h18-20H,4-17H2,1-3H3. The Kier molecular flexibility index (Phi) is 7.10. The molecule has 2 saturated carbocycles. The second kappa shape index (κ2) is 8.59. The summed E-state index contributed by atoms with van der Waals surface area (Å²) in [4.78, 5) is 0. The molecule has 21 heavy (non-hydrogen) atoms. The fraction of sp³-hybridized carbons (Fsp3) is 1.00. The van der Waals surface area contributed by atoms with Crippen LogP contribution >= 0.6 is 0 Å². The van der Waals surface area contributed by atoms with Gasteiger partial charge in [-0.2, -0.15) is 0 Å². The van der Waals surface area contributed by atoms with Gasteiger partial charge in [0.05, 0.1) is 0 Å². The van der Waals surface area contributed by atoms with E-state index in [0.717, 1.165) is 23.2 Å². The van der Waals surface area contributed by atoms with Gasteiger partial charge in [0.1, 0.15) is 0 Å². The Hall–Kier alpha value is 0. The molecule has 0 amide bonds. The Morgan fingerprint density at radius 1 is 0.762 bits per heavy atom. The van der Waals surface area contributed by atoms with Crippen LogP contribution in [0.2, 0.25) is 0 Å². The van der Waals surface area contributed by atoms with Crippen LogP contribution in [0.4, 0.5) is 0 Å². The maximum atomic E-state index is 2.45. The highest BCUT2D eigenvalue weighted by Gasteiger charge is 2.36. The van der Waals surface area contributed by atoms with Gasteiger partial charge in [0.15, 0.2) is 0 Å². The molecule has 0 aliphatic heterocycles. The van der Waals surface area contributed by atoms with Gasteiger partial charge < -0.3 is 0 Å². The highest BCUT2D eigenvalue weighted by Crippen LogP contribution is 2.49. The van der Waals surface area contributed by atoms with E-state index in [4.69, 9.17) is 0 Å². The van der Waals surface area contributed by atoms with Crippen molar-refractivity contribution in [2.24, 2.45) is 23.2 Å². The van der Waals surface area contributed by atoms with Gasteiger partial charge in [-0.25, -0.2) is 0 Å². The summed E-state index contributed by atoms with van der Waals surface area (Å²) >= 11 is 0. The average molecular weight is 293 g/mol. The van der Waals surface area contributed by atoms with Gasteiger partial charge in [0, 0.05) is 0 Å². The zero-order valence-corrected chi connectivity index (χ0v) is 15.1. The molecule has 2 aliphatic rings. The quantitative estimate of drug-likeness (QED) is 0.459. The molecule has 0 spiro atoms. The number of rotatable bonds is 7. The molecule has 2 aliphatic carbocycles. The molecule has 0 unspecified atom stereocenters. The van der Waals surface area contributed by atoms with E-state index in [1.54, 1.807) is 51.4 Å². The summed E-state index contributed by atoms with van der Waals surface area (Å²) in [6, 6.07) is 0. The SMILES string of the molecule is CCCCC1(CC)CCC(C2CCC(CCC)CC2)CC1. The van der Waals surface area contributed by atoms with E-state index in [9.17, 15) is 0 Å². The first-order valence-electron chi connectivity index (χ1n) is 10.2. The van der Waals surface area contributed by atoms with Crippen molar-refractivity contribution in [1.29, 1.82) is 0 Å². The second-order valence-corrected chi connectivity index (χ2v) is 8.36. The summed E-state index contributed by atoms with van der Waals surface area (Å²) in [7, 11) is 0. The van der Waals surface area contributed by atoms with Crippen LogP contribution in [0.3, 0.4) is 0 Å². The Bertz CT molecular complexity index is 264. The van der Waals surface area contributed by atoms with Crippen molar-refractivity contribution in [1.82, 2.24) is 0 Å². The monoisotopic (exact) mass is 292 g/mol. The van der Waals surface area contributed by atoms with Crippen molar-refractivity contribution in [3.8, 4) is 0 Å². The molecule has 0 atom stereocenters. The minimum atomic E-state index is 0.742. The van der Waals surface area contributed by atoms with Gasteiger partial charge in [-0.1, -0.05) is 65.7 Å². The summed E-state index contributed by atoms with van der Waals surface area (Å²) in [6.45, 7) is 7.16. The Labute approximate surface area is 134 Å². The predicted octanol–water partition coefficient (Wildman–Crippen LogP) is 7.37. The van der Waals surface area contributed by atoms with Crippen molar-refractivity contribution in [2.45, 2.75) is 111 Å². The molecule has 0 N–H and O–H groups in total. The second-order valence-electron chi connectivity index (χ2n) is 8.36. The lowest BCUT2D eigenvalue weighted by molar-refractivity contribution is 0.0803.